The molecule has 162 valence electrons. The van der Waals surface area contributed by atoms with E-state index in [0.717, 1.165) is 35.4 Å². The molecule has 2 aromatic heterocycles. The topological polar surface area (TPSA) is 90.5 Å². The molecule has 0 saturated carbocycles. The molecule has 2 aromatic carbocycles. The number of rotatable bonds is 6. The number of carbonyl (C=O) groups excluding carboxylic acids is 1. The van der Waals surface area contributed by atoms with Crippen LogP contribution in [0.2, 0.25) is 0 Å². The van der Waals surface area contributed by atoms with Crippen LogP contribution in [0.3, 0.4) is 0 Å². The van der Waals surface area contributed by atoms with Gasteiger partial charge in [0.2, 0.25) is 11.7 Å². The zero-order chi connectivity index (χ0) is 22.1. The number of ether oxygens (including phenoxy) is 1. The van der Waals surface area contributed by atoms with Crippen molar-refractivity contribution in [3.05, 3.63) is 76.2 Å². The summed E-state index contributed by atoms with van der Waals surface area (Å²) in [6.45, 7) is 2.56. The molecule has 1 aliphatic rings. The lowest BCUT2D eigenvalue weighted by molar-refractivity contribution is -0.116. The average Bonchev–Trinajstić information content (AvgIpc) is 3.47. The van der Waals surface area contributed by atoms with Gasteiger partial charge in [0.05, 0.1) is 6.61 Å². The van der Waals surface area contributed by atoms with Gasteiger partial charge >= 0.3 is 0 Å². The molecule has 4 aromatic rings. The molecular weight excluding hydrogens is 406 g/mol. The van der Waals surface area contributed by atoms with Gasteiger partial charge < -0.3 is 14.6 Å². The second-order valence-corrected chi connectivity index (χ2v) is 7.69. The van der Waals surface area contributed by atoms with Gasteiger partial charge in [0.25, 0.3) is 5.56 Å². The molecule has 8 heteroatoms. The molecule has 0 saturated heterocycles. The molecule has 0 fully saturated rings. The molecule has 0 aliphatic heterocycles. The van der Waals surface area contributed by atoms with E-state index < -0.39 is 0 Å². The Kier molecular flexibility index (Phi) is 5.18. The number of amides is 1. The van der Waals surface area contributed by atoms with Gasteiger partial charge in [-0.15, -0.1) is 5.10 Å². The van der Waals surface area contributed by atoms with Crippen LogP contribution in [0.1, 0.15) is 24.6 Å². The second kappa shape index (κ2) is 8.30. The van der Waals surface area contributed by atoms with Crippen molar-refractivity contribution in [3.63, 3.8) is 0 Å². The molecule has 1 aliphatic carbocycles. The van der Waals surface area contributed by atoms with Crippen LogP contribution in [0.5, 0.6) is 5.75 Å². The largest absolute Gasteiger partial charge is 0.494 e. The van der Waals surface area contributed by atoms with Crippen molar-refractivity contribution >= 4 is 17.4 Å². The van der Waals surface area contributed by atoms with Crippen LogP contribution in [-0.2, 0) is 24.2 Å². The van der Waals surface area contributed by atoms with Crippen LogP contribution in [-0.4, -0.2) is 31.7 Å². The Bertz CT molecular complexity index is 1340. The molecule has 0 atom stereocenters. The molecule has 1 N–H and O–H groups in total. The fourth-order valence-electron chi connectivity index (χ4n) is 4.14. The van der Waals surface area contributed by atoms with Crippen LogP contribution in [0.15, 0.2) is 59.4 Å². The number of aromatic nitrogens is 4. The van der Waals surface area contributed by atoms with Crippen LogP contribution in [0, 0.1) is 0 Å². The lowest BCUT2D eigenvalue weighted by Crippen LogP contribution is -2.28. The summed E-state index contributed by atoms with van der Waals surface area (Å²) in [5.74, 6) is 1.41. The predicted octanol–water partition coefficient (Wildman–Crippen LogP) is 3.08. The van der Waals surface area contributed by atoms with E-state index in [9.17, 15) is 9.59 Å². The molecule has 0 radical (unpaired) electrons. The molecule has 1 amide bonds. The van der Waals surface area contributed by atoms with Crippen molar-refractivity contribution in [1.82, 2.24) is 19.2 Å². The summed E-state index contributed by atoms with van der Waals surface area (Å²) in [5.41, 5.74) is 2.94. The molecule has 0 spiro atoms. The number of fused-ring (bicyclic) bond motifs is 2. The van der Waals surface area contributed by atoms with E-state index in [-0.39, 0.29) is 18.0 Å². The first-order valence-electron chi connectivity index (χ1n) is 10.7. The maximum atomic E-state index is 13.0. The number of nitrogens with zero attached hydrogens (tertiary/aromatic N) is 4. The molecular formula is C24H23N5O3. The molecule has 32 heavy (non-hydrogen) atoms. The zero-order valence-corrected chi connectivity index (χ0v) is 17.7. The lowest BCUT2D eigenvalue weighted by atomic mass is 10.2. The van der Waals surface area contributed by atoms with Gasteiger partial charge in [-0.3, -0.25) is 9.59 Å². The normalized spacial score (nSPS) is 12.7. The summed E-state index contributed by atoms with van der Waals surface area (Å²) < 4.78 is 8.60. The van der Waals surface area contributed by atoms with E-state index in [2.05, 4.69) is 15.4 Å². The first-order chi connectivity index (χ1) is 15.6. The van der Waals surface area contributed by atoms with Crippen LogP contribution >= 0.6 is 0 Å². The molecule has 5 rings (SSSR count). The highest BCUT2D eigenvalue weighted by Crippen LogP contribution is 2.23. The minimum atomic E-state index is -0.196. The smallest absolute Gasteiger partial charge is 0.279 e. The average molecular weight is 429 g/mol. The second-order valence-electron chi connectivity index (χ2n) is 7.69. The molecule has 2 heterocycles. The van der Waals surface area contributed by atoms with Crippen LogP contribution < -0.4 is 15.6 Å². The number of benzene rings is 2. The third kappa shape index (κ3) is 3.64. The number of nitrogens with one attached hydrogen (secondary N) is 1. The summed E-state index contributed by atoms with van der Waals surface area (Å²) in [4.78, 5) is 30.5. The van der Waals surface area contributed by atoms with E-state index in [0.29, 0.717) is 30.3 Å². The molecule has 0 bridgehead atoms. The minimum absolute atomic E-state index is 0.0479. The summed E-state index contributed by atoms with van der Waals surface area (Å²) in [5, 5.41) is 7.38. The maximum absolute atomic E-state index is 13.0. The highest BCUT2D eigenvalue weighted by molar-refractivity contribution is 5.91. The standard InChI is InChI=1S/C24H23N5O3/c1-2-32-18-13-11-17(12-14-18)25-21(30)15-28-20-10-6-9-19(20)23(31)29-24(28)26-22(27-29)16-7-4-3-5-8-16/h3-5,7-8,11-14H,2,6,9-10,15H2,1H3,(H,25,30). The third-order valence-corrected chi connectivity index (χ3v) is 5.58. The Morgan fingerprint density at radius 3 is 2.62 bits per heavy atom. The first kappa shape index (κ1) is 20.0. The Morgan fingerprint density at radius 1 is 1.09 bits per heavy atom. The highest BCUT2D eigenvalue weighted by Gasteiger charge is 2.25. The summed E-state index contributed by atoms with van der Waals surface area (Å²) >= 11 is 0. The molecule has 8 nitrogen and oxygen atoms in total. The van der Waals surface area contributed by atoms with Crippen molar-refractivity contribution in [2.24, 2.45) is 0 Å². The Morgan fingerprint density at radius 2 is 1.88 bits per heavy atom. The third-order valence-electron chi connectivity index (χ3n) is 5.58. The first-order valence-corrected chi connectivity index (χ1v) is 10.7. The minimum Gasteiger partial charge on any atom is -0.494 e. The van der Waals surface area contributed by atoms with Gasteiger partial charge in [0, 0.05) is 22.5 Å². The SMILES string of the molecule is CCOc1ccc(NC(=O)Cn2c3c(c(=O)n4nc(-c5ccccc5)nc24)CCC3)cc1. The van der Waals surface area contributed by atoms with E-state index in [4.69, 9.17) is 4.74 Å². The van der Waals surface area contributed by atoms with E-state index in [1.807, 2.05) is 54.0 Å². The van der Waals surface area contributed by atoms with Gasteiger partial charge in [-0.1, -0.05) is 30.3 Å². The maximum Gasteiger partial charge on any atom is 0.279 e. The van der Waals surface area contributed by atoms with Crippen molar-refractivity contribution in [2.45, 2.75) is 32.7 Å². The van der Waals surface area contributed by atoms with Crippen LogP contribution in [0.25, 0.3) is 17.2 Å². The van der Waals surface area contributed by atoms with Crippen molar-refractivity contribution in [2.75, 3.05) is 11.9 Å². The van der Waals surface area contributed by atoms with E-state index >= 15 is 0 Å². The van der Waals surface area contributed by atoms with Crippen molar-refractivity contribution in [1.29, 1.82) is 0 Å². The van der Waals surface area contributed by atoms with Gasteiger partial charge in [-0.2, -0.15) is 9.50 Å². The Hall–Kier alpha value is -3.94. The number of anilines is 1. The zero-order valence-electron chi connectivity index (χ0n) is 17.7. The number of hydrogen-bond acceptors (Lipinski definition) is 5. The highest BCUT2D eigenvalue weighted by atomic mass is 16.5. The fraction of sp³-hybridized carbons (Fsp3) is 0.250. The van der Waals surface area contributed by atoms with Gasteiger partial charge in [0.15, 0.2) is 5.82 Å². The van der Waals surface area contributed by atoms with Crippen molar-refractivity contribution in [3.8, 4) is 17.1 Å². The summed E-state index contributed by atoms with van der Waals surface area (Å²) in [7, 11) is 0. The lowest BCUT2D eigenvalue weighted by Gasteiger charge is -2.14. The summed E-state index contributed by atoms with van der Waals surface area (Å²) in [6.07, 6.45) is 2.31. The van der Waals surface area contributed by atoms with E-state index in [1.165, 1.54) is 4.52 Å². The van der Waals surface area contributed by atoms with Crippen molar-refractivity contribution < 1.29 is 9.53 Å². The summed E-state index contributed by atoms with van der Waals surface area (Å²) in [6, 6.07) is 16.8. The van der Waals surface area contributed by atoms with E-state index in [1.54, 1.807) is 12.1 Å². The van der Waals surface area contributed by atoms with Crippen LogP contribution in [0.4, 0.5) is 5.69 Å². The van der Waals surface area contributed by atoms with Gasteiger partial charge in [-0.05, 0) is 50.5 Å². The Labute approximate surface area is 184 Å². The Balaban J connectivity index is 1.50. The van der Waals surface area contributed by atoms with Gasteiger partial charge in [-0.25, -0.2) is 0 Å². The number of hydrogen-bond donors (Lipinski definition) is 1. The molecule has 0 unspecified atom stereocenters. The quantitative estimate of drug-likeness (QED) is 0.509. The fourth-order valence-corrected chi connectivity index (χ4v) is 4.14. The number of carbonyl (C=O) groups is 1. The monoisotopic (exact) mass is 429 g/mol. The predicted molar refractivity (Wildman–Crippen MR) is 121 cm³/mol. The van der Waals surface area contributed by atoms with Gasteiger partial charge in [0.1, 0.15) is 12.3 Å².